The molecule has 8 heteroatoms. The molecule has 0 aromatic heterocycles. The molecule has 0 aliphatic heterocycles. The largest absolute Gasteiger partial charge is 0.395 e. The molecule has 5 N–H and O–H groups in total. The van der Waals surface area contributed by atoms with Crippen LogP contribution in [0.4, 0.5) is 4.79 Å². The Bertz CT molecular complexity index is 223. The molecule has 2 amide bonds. The van der Waals surface area contributed by atoms with Crippen LogP contribution in [0.25, 0.3) is 0 Å². The fourth-order valence-corrected chi connectivity index (χ4v) is 1.05. The molecule has 0 aliphatic rings. The van der Waals surface area contributed by atoms with E-state index >= 15 is 0 Å². The van der Waals surface area contributed by atoms with Crippen molar-refractivity contribution in [3.8, 4) is 0 Å². The summed E-state index contributed by atoms with van der Waals surface area (Å²) in [7, 11) is -3.88. The van der Waals surface area contributed by atoms with Crippen LogP contribution < -0.4 is 15.2 Å². The number of nitrogens with one attached hydrogen (secondary N) is 2. The summed E-state index contributed by atoms with van der Waals surface area (Å²) < 4.78 is 24.4. The van der Waals surface area contributed by atoms with E-state index in [0.717, 1.165) is 0 Å². The van der Waals surface area contributed by atoms with Crippen LogP contribution in [-0.4, -0.2) is 32.7 Å². The van der Waals surface area contributed by atoms with Crippen LogP contribution in [0.5, 0.6) is 0 Å². The lowest BCUT2D eigenvalue weighted by Gasteiger charge is -2.03. The van der Waals surface area contributed by atoms with Crippen molar-refractivity contribution in [2.75, 3.05) is 13.2 Å². The van der Waals surface area contributed by atoms with Crippen LogP contribution in [0, 0.1) is 0 Å². The van der Waals surface area contributed by atoms with Crippen molar-refractivity contribution in [1.29, 1.82) is 0 Å². The molecule has 0 atom stereocenters. The quantitative estimate of drug-likeness (QED) is 0.384. The zero-order valence-electron chi connectivity index (χ0n) is 5.57. The number of nitrogens with two attached hydrogens (primary N) is 1. The van der Waals surface area contributed by atoms with Gasteiger partial charge in [0.05, 0.1) is 6.61 Å². The minimum Gasteiger partial charge on any atom is -0.395 e. The van der Waals surface area contributed by atoms with Crippen molar-refractivity contribution < 1.29 is 18.3 Å². The smallest absolute Gasteiger partial charge is 0.326 e. The summed E-state index contributed by atoms with van der Waals surface area (Å²) in [5, 5.41) is 8.19. The fourth-order valence-electron chi connectivity index (χ4n) is 0.349. The van der Waals surface area contributed by atoms with Crippen LogP contribution in [0.2, 0.25) is 0 Å². The highest BCUT2D eigenvalue weighted by Gasteiger charge is 2.09. The van der Waals surface area contributed by atoms with E-state index < -0.39 is 16.2 Å². The molecule has 0 saturated heterocycles. The number of aliphatic hydroxyl groups excluding tert-OH is 1. The Labute approximate surface area is 63.8 Å². The predicted octanol–water partition coefficient (Wildman–Crippen LogP) is -2.52. The third-order valence-corrected chi connectivity index (χ3v) is 1.69. The number of hydrogen-bond donors (Lipinski definition) is 4. The average Bonchev–Trinajstić information content (AvgIpc) is 1.81. The molecule has 0 fully saturated rings. The van der Waals surface area contributed by atoms with Gasteiger partial charge in [0.2, 0.25) is 0 Å². The van der Waals surface area contributed by atoms with Gasteiger partial charge < -0.3 is 10.8 Å². The maximum atomic E-state index is 10.6. The second-order valence-electron chi connectivity index (χ2n) is 1.59. The number of urea groups is 1. The Kier molecular flexibility index (Phi) is 3.79. The molecule has 66 valence electrons. The van der Waals surface area contributed by atoms with Gasteiger partial charge in [-0.15, -0.1) is 0 Å². The van der Waals surface area contributed by atoms with Gasteiger partial charge in [-0.25, -0.2) is 9.52 Å². The van der Waals surface area contributed by atoms with Crippen LogP contribution in [0.1, 0.15) is 0 Å². The van der Waals surface area contributed by atoms with E-state index in [4.69, 9.17) is 5.11 Å². The van der Waals surface area contributed by atoms with E-state index in [9.17, 15) is 13.2 Å². The monoisotopic (exact) mass is 183 g/mol. The highest BCUT2D eigenvalue weighted by molar-refractivity contribution is 7.88. The molecule has 0 heterocycles. The summed E-state index contributed by atoms with van der Waals surface area (Å²) in [6.07, 6.45) is 0. The topological polar surface area (TPSA) is 122 Å². The van der Waals surface area contributed by atoms with Gasteiger partial charge in [-0.1, -0.05) is 0 Å². The molecule has 0 aromatic rings. The highest BCUT2D eigenvalue weighted by Crippen LogP contribution is 1.73. The zero-order valence-corrected chi connectivity index (χ0v) is 6.39. The summed E-state index contributed by atoms with van der Waals surface area (Å²) in [6.45, 7) is -0.512. The van der Waals surface area contributed by atoms with E-state index in [2.05, 4.69) is 5.73 Å². The molecule has 0 aliphatic carbocycles. The first kappa shape index (κ1) is 10.1. The van der Waals surface area contributed by atoms with Gasteiger partial charge in [0.25, 0.3) is 0 Å². The third kappa shape index (κ3) is 5.58. The van der Waals surface area contributed by atoms with Crippen molar-refractivity contribution in [3.05, 3.63) is 0 Å². The van der Waals surface area contributed by atoms with E-state index in [1.54, 1.807) is 0 Å². The molecule has 0 rings (SSSR count). The van der Waals surface area contributed by atoms with Crippen molar-refractivity contribution in [2.24, 2.45) is 5.73 Å². The van der Waals surface area contributed by atoms with Gasteiger partial charge in [-0.3, -0.25) is 0 Å². The SMILES string of the molecule is NC(=O)NS(=O)(=O)NCCO. The van der Waals surface area contributed by atoms with Gasteiger partial charge >= 0.3 is 16.2 Å². The standard InChI is InChI=1S/C3H9N3O4S/c4-3(8)6-11(9,10)5-1-2-7/h5,7H,1-2H2,(H3,4,6,8). The van der Waals surface area contributed by atoms with Crippen molar-refractivity contribution in [1.82, 2.24) is 9.44 Å². The molecule has 0 saturated carbocycles. The fraction of sp³-hybridized carbons (Fsp3) is 0.667. The Morgan fingerprint density at radius 3 is 2.45 bits per heavy atom. The van der Waals surface area contributed by atoms with E-state index in [1.807, 2.05) is 4.72 Å². The first-order valence-corrected chi connectivity index (χ1v) is 4.14. The lowest BCUT2D eigenvalue weighted by molar-refractivity contribution is 0.253. The summed E-state index contributed by atoms with van der Waals surface area (Å²) in [5.74, 6) is 0. The minimum absolute atomic E-state index is 0.164. The Hall–Kier alpha value is -0.860. The van der Waals surface area contributed by atoms with Gasteiger partial charge in [-0.2, -0.15) is 13.1 Å². The molecule has 0 spiro atoms. The number of rotatable bonds is 4. The van der Waals surface area contributed by atoms with Crippen LogP contribution >= 0.6 is 0 Å². The Balaban J connectivity index is 3.92. The van der Waals surface area contributed by atoms with Crippen LogP contribution in [0.15, 0.2) is 0 Å². The summed E-state index contributed by atoms with van der Waals surface area (Å²) >= 11 is 0. The summed E-state index contributed by atoms with van der Waals surface area (Å²) in [4.78, 5) is 10.0. The zero-order chi connectivity index (χ0) is 8.91. The van der Waals surface area contributed by atoms with Gasteiger partial charge in [0.1, 0.15) is 0 Å². The number of amides is 2. The Morgan fingerprint density at radius 2 is 2.09 bits per heavy atom. The number of aliphatic hydroxyl groups is 1. The number of carbonyl (C=O) groups excluding carboxylic acids is 1. The average molecular weight is 183 g/mol. The molecule has 7 nitrogen and oxygen atoms in total. The second-order valence-corrected chi connectivity index (χ2v) is 3.09. The van der Waals surface area contributed by atoms with E-state index in [1.165, 1.54) is 4.72 Å². The van der Waals surface area contributed by atoms with Crippen molar-refractivity contribution >= 4 is 16.2 Å². The van der Waals surface area contributed by atoms with Gasteiger partial charge in [0.15, 0.2) is 0 Å². The van der Waals surface area contributed by atoms with Crippen molar-refractivity contribution in [3.63, 3.8) is 0 Å². The predicted molar refractivity (Wildman–Crippen MR) is 36.7 cm³/mol. The lowest BCUT2D eigenvalue weighted by Crippen LogP contribution is -2.43. The third-order valence-electron chi connectivity index (χ3n) is 0.639. The minimum atomic E-state index is -3.88. The number of carbonyl (C=O) groups is 1. The summed E-state index contributed by atoms with van der Waals surface area (Å²) in [6, 6.07) is -1.17. The Morgan fingerprint density at radius 1 is 1.55 bits per heavy atom. The van der Waals surface area contributed by atoms with Crippen LogP contribution in [0.3, 0.4) is 0 Å². The first-order chi connectivity index (χ1) is 4.98. The van der Waals surface area contributed by atoms with Crippen LogP contribution in [-0.2, 0) is 10.2 Å². The van der Waals surface area contributed by atoms with Gasteiger partial charge in [-0.05, 0) is 0 Å². The molecule has 0 unspecified atom stereocenters. The van der Waals surface area contributed by atoms with Crippen molar-refractivity contribution in [2.45, 2.75) is 0 Å². The molecule has 11 heavy (non-hydrogen) atoms. The lowest BCUT2D eigenvalue weighted by atomic mass is 10.8. The van der Waals surface area contributed by atoms with E-state index in [0.29, 0.717) is 0 Å². The maximum absolute atomic E-state index is 10.6. The molecule has 0 radical (unpaired) electrons. The molecule has 0 bridgehead atoms. The summed E-state index contributed by atoms with van der Waals surface area (Å²) in [5.41, 5.74) is 4.52. The maximum Gasteiger partial charge on any atom is 0.326 e. The first-order valence-electron chi connectivity index (χ1n) is 2.65. The number of hydrogen-bond acceptors (Lipinski definition) is 4. The highest BCUT2D eigenvalue weighted by atomic mass is 32.2. The number of primary amides is 1. The normalized spacial score (nSPS) is 11.0. The molecular weight excluding hydrogens is 174 g/mol. The second kappa shape index (κ2) is 4.11. The van der Waals surface area contributed by atoms with Gasteiger partial charge in [0, 0.05) is 6.54 Å². The van der Waals surface area contributed by atoms with E-state index in [-0.39, 0.29) is 13.2 Å². The molecular formula is C3H9N3O4S. The molecule has 0 aromatic carbocycles.